The van der Waals surface area contributed by atoms with E-state index in [2.05, 4.69) is 48.5 Å². The fourth-order valence-electron chi connectivity index (χ4n) is 3.22. The minimum Gasteiger partial charge on any atom is -0.229 e. The fraction of sp³-hybridized carbons (Fsp3) is 0.300. The summed E-state index contributed by atoms with van der Waals surface area (Å²) < 4.78 is 4.96. The molecule has 0 N–H and O–H groups in total. The van der Waals surface area contributed by atoms with Crippen LogP contribution >= 0.6 is 65.8 Å². The molecule has 1 aliphatic carbocycles. The summed E-state index contributed by atoms with van der Waals surface area (Å²) in [4.78, 5) is 9.48. The molecule has 5 rings (SSSR count). The Morgan fingerprint density at radius 3 is 1.50 bits per heavy atom. The van der Waals surface area contributed by atoms with Gasteiger partial charge in [-0.05, 0) is 71.5 Å². The first-order valence-corrected chi connectivity index (χ1v) is 15.3. The second-order valence-electron chi connectivity index (χ2n) is 6.65. The van der Waals surface area contributed by atoms with Crippen LogP contribution in [0.25, 0.3) is 20.4 Å². The Kier molecular flexibility index (Phi) is 6.42. The Hall–Kier alpha value is -0.380. The van der Waals surface area contributed by atoms with Crippen LogP contribution in [0.5, 0.6) is 0 Å². The maximum absolute atomic E-state index is 4.74. The van der Waals surface area contributed by atoms with E-state index in [0.29, 0.717) is 0 Å². The molecule has 0 bridgehead atoms. The molecule has 8 heteroatoms. The lowest BCUT2D eigenvalue weighted by molar-refractivity contribution is 0.531. The monoisotopic (exact) mass is 478 g/mol. The molecule has 0 atom stereocenters. The summed E-state index contributed by atoms with van der Waals surface area (Å²) in [6.07, 6.45) is 5.22. The van der Waals surface area contributed by atoms with Crippen molar-refractivity contribution in [2.75, 3.05) is 0 Å². The highest BCUT2D eigenvalue weighted by atomic mass is 33.1. The summed E-state index contributed by atoms with van der Waals surface area (Å²) >= 11 is 3.62. The number of fused-ring (bicyclic) bond motifs is 2. The number of rotatable bonds is 6. The topological polar surface area (TPSA) is 25.8 Å². The van der Waals surface area contributed by atoms with Crippen molar-refractivity contribution < 1.29 is 0 Å². The number of benzene rings is 2. The summed E-state index contributed by atoms with van der Waals surface area (Å²) in [7, 11) is 7.79. The molecule has 1 fully saturated rings. The molecule has 2 aromatic heterocycles. The standard InChI is InChI=1S/C20H18N2S6/c1-3-7-17-15(5-1)21-19(23-17)27-25-13-9-11-14(12-10-13)26-28-20-22-16-6-2-4-8-18(16)24-20/h1-8,13-14H,9-12H2. The summed E-state index contributed by atoms with van der Waals surface area (Å²) in [6.45, 7) is 0. The lowest BCUT2D eigenvalue weighted by Crippen LogP contribution is -2.16. The van der Waals surface area contributed by atoms with Crippen molar-refractivity contribution in [3.05, 3.63) is 48.5 Å². The van der Waals surface area contributed by atoms with Gasteiger partial charge in [0, 0.05) is 10.5 Å². The first-order valence-electron chi connectivity index (χ1n) is 9.21. The van der Waals surface area contributed by atoms with E-state index in [1.165, 1.54) is 43.8 Å². The van der Waals surface area contributed by atoms with Crippen LogP contribution < -0.4 is 0 Å². The van der Waals surface area contributed by atoms with Crippen molar-refractivity contribution in [2.24, 2.45) is 0 Å². The first kappa shape index (κ1) is 19.6. The van der Waals surface area contributed by atoms with Crippen molar-refractivity contribution in [1.82, 2.24) is 9.97 Å². The highest BCUT2D eigenvalue weighted by molar-refractivity contribution is 8.77. The zero-order valence-electron chi connectivity index (χ0n) is 14.9. The van der Waals surface area contributed by atoms with Gasteiger partial charge in [-0.3, -0.25) is 0 Å². The van der Waals surface area contributed by atoms with E-state index < -0.39 is 0 Å². The van der Waals surface area contributed by atoms with E-state index >= 15 is 0 Å². The second-order valence-corrected chi connectivity index (χ2v) is 14.2. The molecule has 0 aliphatic heterocycles. The average Bonchev–Trinajstić information content (AvgIpc) is 3.34. The van der Waals surface area contributed by atoms with Crippen LogP contribution in [0.15, 0.2) is 57.2 Å². The third-order valence-electron chi connectivity index (χ3n) is 4.68. The van der Waals surface area contributed by atoms with E-state index in [1.54, 1.807) is 0 Å². The smallest absolute Gasteiger partial charge is 0.161 e. The number of hydrogen-bond donors (Lipinski definition) is 0. The quantitative estimate of drug-likeness (QED) is 0.258. The molecule has 0 unspecified atom stereocenters. The molecular formula is C20H18N2S6. The van der Waals surface area contributed by atoms with Gasteiger partial charge >= 0.3 is 0 Å². The maximum Gasteiger partial charge on any atom is 0.161 e. The first-order chi connectivity index (χ1) is 13.8. The Balaban J connectivity index is 1.08. The largest absolute Gasteiger partial charge is 0.229 e. The van der Waals surface area contributed by atoms with Gasteiger partial charge in [-0.25, -0.2) is 9.97 Å². The van der Waals surface area contributed by atoms with E-state index in [-0.39, 0.29) is 0 Å². The maximum atomic E-state index is 4.74. The number of aromatic nitrogens is 2. The Morgan fingerprint density at radius 2 is 1.07 bits per heavy atom. The summed E-state index contributed by atoms with van der Waals surface area (Å²) in [5, 5.41) is 1.50. The number of nitrogens with zero attached hydrogens (tertiary/aromatic N) is 2. The van der Waals surface area contributed by atoms with Crippen LogP contribution in [0.1, 0.15) is 25.7 Å². The predicted molar refractivity (Wildman–Crippen MR) is 132 cm³/mol. The van der Waals surface area contributed by atoms with Gasteiger partial charge in [0.1, 0.15) is 0 Å². The van der Waals surface area contributed by atoms with Crippen LogP contribution in [-0.4, -0.2) is 20.5 Å². The number of para-hydroxylation sites is 2. The molecule has 0 saturated heterocycles. The van der Waals surface area contributed by atoms with Gasteiger partial charge in [-0.1, -0.05) is 45.9 Å². The van der Waals surface area contributed by atoms with Crippen molar-refractivity contribution in [1.29, 1.82) is 0 Å². The van der Waals surface area contributed by atoms with Crippen molar-refractivity contribution in [2.45, 2.75) is 44.9 Å². The SMILES string of the molecule is c1ccc2sc(SSC3CCC(SSc4nc5ccccc5s4)CC3)nc2c1. The summed E-state index contributed by atoms with van der Waals surface area (Å²) in [6, 6.07) is 16.8. The van der Waals surface area contributed by atoms with Crippen molar-refractivity contribution in [3.63, 3.8) is 0 Å². The van der Waals surface area contributed by atoms with Gasteiger partial charge in [0.05, 0.1) is 20.4 Å². The molecule has 4 aromatic rings. The Labute approximate surface area is 188 Å². The Morgan fingerprint density at radius 1 is 0.643 bits per heavy atom. The highest BCUT2D eigenvalue weighted by Gasteiger charge is 2.23. The number of thiazole rings is 2. The van der Waals surface area contributed by atoms with Crippen LogP contribution in [-0.2, 0) is 0 Å². The van der Waals surface area contributed by atoms with E-state index in [4.69, 9.17) is 9.97 Å². The summed E-state index contributed by atoms with van der Waals surface area (Å²) in [5.41, 5.74) is 2.25. The van der Waals surface area contributed by atoms with Crippen LogP contribution in [0, 0.1) is 0 Å². The minimum atomic E-state index is 0.751. The van der Waals surface area contributed by atoms with Gasteiger partial charge < -0.3 is 0 Å². The molecule has 0 amide bonds. The molecule has 2 heterocycles. The number of hydrogen-bond acceptors (Lipinski definition) is 8. The predicted octanol–water partition coefficient (Wildman–Crippen LogP) is 8.40. The zero-order chi connectivity index (χ0) is 18.8. The van der Waals surface area contributed by atoms with Crippen LogP contribution in [0.2, 0.25) is 0 Å². The van der Waals surface area contributed by atoms with Crippen molar-refractivity contribution >= 4 is 86.3 Å². The highest BCUT2D eigenvalue weighted by Crippen LogP contribution is 2.47. The van der Waals surface area contributed by atoms with E-state index in [0.717, 1.165) is 21.5 Å². The minimum absolute atomic E-state index is 0.751. The van der Waals surface area contributed by atoms with Crippen LogP contribution in [0.3, 0.4) is 0 Å². The second kappa shape index (κ2) is 9.18. The van der Waals surface area contributed by atoms with E-state index in [9.17, 15) is 0 Å². The molecule has 0 radical (unpaired) electrons. The average molecular weight is 479 g/mol. The van der Waals surface area contributed by atoms with Crippen molar-refractivity contribution in [3.8, 4) is 0 Å². The van der Waals surface area contributed by atoms with Gasteiger partial charge in [0.15, 0.2) is 8.68 Å². The lowest BCUT2D eigenvalue weighted by atomic mass is 10.00. The zero-order valence-corrected chi connectivity index (χ0v) is 19.8. The molecular weight excluding hydrogens is 461 g/mol. The van der Waals surface area contributed by atoms with Crippen LogP contribution in [0.4, 0.5) is 0 Å². The van der Waals surface area contributed by atoms with Gasteiger partial charge in [0.25, 0.3) is 0 Å². The normalized spacial score (nSPS) is 20.1. The molecule has 2 aromatic carbocycles. The molecule has 1 saturated carbocycles. The third-order valence-corrected chi connectivity index (χ3v) is 13.3. The molecule has 28 heavy (non-hydrogen) atoms. The summed E-state index contributed by atoms with van der Waals surface area (Å²) in [5.74, 6) is 0. The molecule has 2 nitrogen and oxygen atoms in total. The molecule has 0 spiro atoms. The third kappa shape index (κ3) is 4.68. The van der Waals surface area contributed by atoms with Gasteiger partial charge in [0.2, 0.25) is 0 Å². The lowest BCUT2D eigenvalue weighted by Gasteiger charge is -2.26. The molecule has 144 valence electrons. The molecule has 1 aliphatic rings. The van der Waals surface area contributed by atoms with E-state index in [1.807, 2.05) is 65.8 Å². The fourth-order valence-corrected chi connectivity index (χ4v) is 11.1. The van der Waals surface area contributed by atoms with Gasteiger partial charge in [-0.15, -0.1) is 22.7 Å². The Bertz CT molecular complexity index is 915. The van der Waals surface area contributed by atoms with Gasteiger partial charge in [-0.2, -0.15) is 0 Å².